The Kier molecular flexibility index (Phi) is 7.48. The molecule has 1 fully saturated rings. The standard InChI is InChI=1S/C25H30ClN3O4S/c1-2-28(21-11-6-4-3-5-7-12-21)24(30)19-10-8-9-18(15-19)17-29-25(31)27-22-14-13-20(26)16-23(22)34(29,32)33/h8-10,13-16,21H,2-7,11-12,17H2,1H3,(H,27,31). The van der Waals surface area contributed by atoms with Crippen molar-refractivity contribution in [1.82, 2.24) is 9.21 Å². The number of halogens is 1. The third kappa shape index (κ3) is 5.08. The Morgan fingerprint density at radius 2 is 1.79 bits per heavy atom. The van der Waals surface area contributed by atoms with E-state index in [0.29, 0.717) is 17.7 Å². The van der Waals surface area contributed by atoms with Crippen molar-refractivity contribution in [2.24, 2.45) is 0 Å². The van der Waals surface area contributed by atoms with Gasteiger partial charge in [-0.1, -0.05) is 55.8 Å². The van der Waals surface area contributed by atoms with E-state index in [1.807, 2.05) is 11.8 Å². The molecule has 2 aliphatic rings. The van der Waals surface area contributed by atoms with Gasteiger partial charge in [-0.05, 0) is 55.7 Å². The van der Waals surface area contributed by atoms with Crippen molar-refractivity contribution in [3.8, 4) is 0 Å². The topological polar surface area (TPSA) is 86.8 Å². The molecule has 2 aromatic rings. The number of carbonyl (C=O) groups is 2. The lowest BCUT2D eigenvalue weighted by molar-refractivity contribution is 0.0660. The van der Waals surface area contributed by atoms with Crippen LogP contribution in [0.1, 0.15) is 67.8 Å². The van der Waals surface area contributed by atoms with Crippen LogP contribution in [0.5, 0.6) is 0 Å². The summed E-state index contributed by atoms with van der Waals surface area (Å²) >= 11 is 5.99. The molecule has 0 aromatic heterocycles. The molecular weight excluding hydrogens is 474 g/mol. The van der Waals surface area contributed by atoms with Crippen molar-refractivity contribution in [2.45, 2.75) is 69.4 Å². The minimum Gasteiger partial charge on any atom is -0.336 e. The third-order valence-corrected chi connectivity index (χ3v) is 8.60. The fraction of sp³-hybridized carbons (Fsp3) is 0.440. The number of hydrogen-bond donors (Lipinski definition) is 1. The van der Waals surface area contributed by atoms with E-state index in [-0.39, 0.29) is 34.1 Å². The van der Waals surface area contributed by atoms with Gasteiger partial charge in [0.15, 0.2) is 0 Å². The molecule has 1 N–H and O–H groups in total. The van der Waals surface area contributed by atoms with Gasteiger partial charge in [0.2, 0.25) is 0 Å². The Labute approximate surface area is 206 Å². The van der Waals surface area contributed by atoms with Gasteiger partial charge in [-0.2, -0.15) is 0 Å². The summed E-state index contributed by atoms with van der Waals surface area (Å²) in [6, 6.07) is 10.7. The van der Waals surface area contributed by atoms with E-state index >= 15 is 0 Å². The molecule has 0 atom stereocenters. The highest BCUT2D eigenvalue weighted by Gasteiger charge is 2.37. The molecule has 1 aliphatic carbocycles. The summed E-state index contributed by atoms with van der Waals surface area (Å²) < 4.78 is 27.1. The fourth-order valence-electron chi connectivity index (χ4n) is 4.82. The molecule has 0 spiro atoms. The maximum Gasteiger partial charge on any atom is 0.336 e. The summed E-state index contributed by atoms with van der Waals surface area (Å²) in [6.45, 7) is 2.43. The monoisotopic (exact) mass is 503 g/mol. The summed E-state index contributed by atoms with van der Waals surface area (Å²) in [5.74, 6) is -0.0574. The van der Waals surface area contributed by atoms with Crippen LogP contribution in [-0.2, 0) is 16.6 Å². The molecule has 0 saturated heterocycles. The molecule has 0 bridgehead atoms. The molecule has 2 aromatic carbocycles. The van der Waals surface area contributed by atoms with Crippen molar-refractivity contribution in [3.05, 3.63) is 58.6 Å². The van der Waals surface area contributed by atoms with Gasteiger partial charge in [0.1, 0.15) is 4.90 Å². The molecule has 7 nitrogen and oxygen atoms in total. The number of amides is 3. The highest BCUT2D eigenvalue weighted by atomic mass is 35.5. The molecule has 0 unspecified atom stereocenters. The molecule has 1 saturated carbocycles. The Morgan fingerprint density at radius 1 is 1.09 bits per heavy atom. The largest absolute Gasteiger partial charge is 0.336 e. The number of anilines is 1. The van der Waals surface area contributed by atoms with Gasteiger partial charge in [-0.15, -0.1) is 0 Å². The summed E-state index contributed by atoms with van der Waals surface area (Å²) in [4.78, 5) is 27.9. The zero-order valence-electron chi connectivity index (χ0n) is 19.3. The van der Waals surface area contributed by atoms with Gasteiger partial charge >= 0.3 is 6.03 Å². The van der Waals surface area contributed by atoms with Crippen LogP contribution in [0.3, 0.4) is 0 Å². The first-order valence-electron chi connectivity index (χ1n) is 11.8. The highest BCUT2D eigenvalue weighted by molar-refractivity contribution is 7.90. The molecule has 1 aliphatic heterocycles. The number of sulfonamides is 1. The van der Waals surface area contributed by atoms with Crippen molar-refractivity contribution in [1.29, 1.82) is 0 Å². The van der Waals surface area contributed by atoms with E-state index in [1.54, 1.807) is 24.3 Å². The Morgan fingerprint density at radius 3 is 2.50 bits per heavy atom. The molecule has 182 valence electrons. The van der Waals surface area contributed by atoms with Crippen molar-refractivity contribution >= 4 is 39.2 Å². The number of rotatable bonds is 5. The highest BCUT2D eigenvalue weighted by Crippen LogP contribution is 2.33. The lowest BCUT2D eigenvalue weighted by atomic mass is 9.95. The van der Waals surface area contributed by atoms with E-state index < -0.39 is 16.1 Å². The second-order valence-electron chi connectivity index (χ2n) is 8.87. The maximum atomic E-state index is 13.4. The molecule has 9 heteroatoms. The predicted molar refractivity (Wildman–Crippen MR) is 132 cm³/mol. The van der Waals surface area contributed by atoms with Crippen molar-refractivity contribution < 1.29 is 18.0 Å². The molecule has 3 amide bonds. The average molecular weight is 504 g/mol. The Balaban J connectivity index is 1.56. The quantitative estimate of drug-likeness (QED) is 0.571. The van der Waals surface area contributed by atoms with Crippen LogP contribution in [0, 0.1) is 0 Å². The van der Waals surface area contributed by atoms with Crippen LogP contribution in [0.2, 0.25) is 5.02 Å². The lowest BCUT2D eigenvalue weighted by Gasteiger charge is -2.32. The van der Waals surface area contributed by atoms with E-state index in [9.17, 15) is 18.0 Å². The zero-order chi connectivity index (χ0) is 24.3. The minimum atomic E-state index is -4.09. The van der Waals surface area contributed by atoms with Crippen molar-refractivity contribution in [2.75, 3.05) is 11.9 Å². The van der Waals surface area contributed by atoms with Gasteiger partial charge < -0.3 is 10.2 Å². The fourth-order valence-corrected chi connectivity index (χ4v) is 6.55. The smallest absolute Gasteiger partial charge is 0.336 e. The number of nitrogens with one attached hydrogen (secondary N) is 1. The average Bonchev–Trinajstić information content (AvgIpc) is 2.79. The van der Waals surface area contributed by atoms with Crippen LogP contribution in [0.25, 0.3) is 0 Å². The number of hydrogen-bond acceptors (Lipinski definition) is 4. The molecule has 1 heterocycles. The first-order valence-corrected chi connectivity index (χ1v) is 13.7. The number of nitrogens with zero attached hydrogens (tertiary/aromatic N) is 2. The first kappa shape index (κ1) is 24.5. The molecular formula is C25H30ClN3O4S. The number of benzene rings is 2. The van der Waals surface area contributed by atoms with Crippen LogP contribution in [-0.4, -0.2) is 42.1 Å². The summed E-state index contributed by atoms with van der Waals surface area (Å²) in [5.41, 5.74) is 1.26. The minimum absolute atomic E-state index is 0.0479. The SMILES string of the molecule is CCN(C(=O)c1cccc(CN2C(=O)Nc3ccc(Cl)cc3S2(=O)=O)c1)C1CCCCCCC1. The van der Waals surface area contributed by atoms with Crippen LogP contribution in [0.4, 0.5) is 10.5 Å². The maximum absolute atomic E-state index is 13.4. The van der Waals surface area contributed by atoms with Crippen molar-refractivity contribution in [3.63, 3.8) is 0 Å². The van der Waals surface area contributed by atoms with Gasteiger partial charge in [0.05, 0.1) is 12.2 Å². The van der Waals surface area contributed by atoms with E-state index in [2.05, 4.69) is 5.32 Å². The number of carbonyl (C=O) groups excluding carboxylic acids is 2. The van der Waals surface area contributed by atoms with Gasteiger partial charge in [-0.3, -0.25) is 4.79 Å². The van der Waals surface area contributed by atoms with Gasteiger partial charge in [-0.25, -0.2) is 17.5 Å². The predicted octanol–water partition coefficient (Wildman–Crippen LogP) is 5.65. The first-order chi connectivity index (χ1) is 16.3. The molecule has 0 radical (unpaired) electrons. The van der Waals surface area contributed by atoms with E-state index in [0.717, 1.165) is 30.0 Å². The Bertz CT molecular complexity index is 1180. The lowest BCUT2D eigenvalue weighted by Crippen LogP contribution is -2.43. The summed E-state index contributed by atoms with van der Waals surface area (Å²) in [5, 5.41) is 2.87. The van der Waals surface area contributed by atoms with Crippen LogP contribution >= 0.6 is 11.6 Å². The van der Waals surface area contributed by atoms with Gasteiger partial charge in [0.25, 0.3) is 15.9 Å². The summed E-state index contributed by atoms with van der Waals surface area (Å²) in [6.07, 6.45) is 7.94. The zero-order valence-corrected chi connectivity index (χ0v) is 20.9. The third-order valence-electron chi connectivity index (χ3n) is 6.60. The molecule has 4 rings (SSSR count). The second-order valence-corrected chi connectivity index (χ2v) is 11.1. The van der Waals surface area contributed by atoms with Crippen LogP contribution in [0.15, 0.2) is 47.4 Å². The second kappa shape index (κ2) is 10.4. The Hall–Kier alpha value is -2.58. The normalized spacial score (nSPS) is 18.4. The van der Waals surface area contributed by atoms with E-state index in [4.69, 9.17) is 11.6 Å². The number of fused-ring (bicyclic) bond motifs is 1. The van der Waals surface area contributed by atoms with E-state index in [1.165, 1.54) is 37.5 Å². The summed E-state index contributed by atoms with van der Waals surface area (Å²) in [7, 11) is -4.09. The van der Waals surface area contributed by atoms with Gasteiger partial charge in [0, 0.05) is 23.2 Å². The van der Waals surface area contributed by atoms with Crippen LogP contribution < -0.4 is 5.32 Å². The molecule has 34 heavy (non-hydrogen) atoms. The number of urea groups is 1.